The molecule has 2 fully saturated rings. The van der Waals surface area contributed by atoms with Crippen molar-refractivity contribution < 1.29 is 9.53 Å². The lowest BCUT2D eigenvalue weighted by Gasteiger charge is -2.39. The zero-order valence-electron chi connectivity index (χ0n) is 14.3. The smallest absolute Gasteiger partial charge is 0.261 e. The van der Waals surface area contributed by atoms with Crippen LogP contribution in [0.25, 0.3) is 0 Å². The van der Waals surface area contributed by atoms with Crippen LogP contribution in [0.5, 0.6) is 5.75 Å². The Bertz CT molecular complexity index is 762. The highest BCUT2D eigenvalue weighted by Crippen LogP contribution is 2.40. The summed E-state index contributed by atoms with van der Waals surface area (Å²) in [5, 5.41) is 4.43. The van der Waals surface area contributed by atoms with E-state index in [1.807, 2.05) is 48.3 Å². The van der Waals surface area contributed by atoms with Crippen molar-refractivity contribution in [3.8, 4) is 5.75 Å². The Kier molecular flexibility index (Phi) is 4.54. The second kappa shape index (κ2) is 6.83. The second-order valence-electron chi connectivity index (χ2n) is 7.00. The van der Waals surface area contributed by atoms with E-state index in [4.69, 9.17) is 4.74 Å². The van der Waals surface area contributed by atoms with E-state index >= 15 is 0 Å². The molecule has 4 rings (SSSR count). The van der Waals surface area contributed by atoms with E-state index in [-0.39, 0.29) is 12.5 Å². The normalized spacial score (nSPS) is 25.2. The number of amides is 1. The molecule has 1 amide bonds. The van der Waals surface area contributed by atoms with Gasteiger partial charge < -0.3 is 9.64 Å². The molecule has 2 unspecified atom stereocenters. The summed E-state index contributed by atoms with van der Waals surface area (Å²) in [6, 6.07) is 8.81. The number of carbonyl (C=O) groups is 1. The maximum Gasteiger partial charge on any atom is 0.261 e. The van der Waals surface area contributed by atoms with Crippen LogP contribution in [0, 0.1) is 6.92 Å². The summed E-state index contributed by atoms with van der Waals surface area (Å²) >= 11 is 3.46. The molecule has 3 heterocycles. The van der Waals surface area contributed by atoms with Gasteiger partial charge in [-0.2, -0.15) is 5.10 Å². The van der Waals surface area contributed by atoms with E-state index in [9.17, 15) is 4.79 Å². The van der Waals surface area contributed by atoms with Crippen LogP contribution in [0.1, 0.15) is 37.3 Å². The number of aryl methyl sites for hydroxylation is 1. The Morgan fingerprint density at radius 3 is 2.60 bits per heavy atom. The standard InChI is InChI=1S/C19H22BrN3O2/c1-13-4-2-3-5-18(13)25-12-19(24)23-15-6-7-16(23)9-17(8-15)22-11-14(20)10-21-22/h2-5,10-11,15-17H,6-9,12H2,1H3. The van der Waals surface area contributed by atoms with Crippen LogP contribution in [-0.2, 0) is 4.79 Å². The number of ether oxygens (including phenoxy) is 1. The van der Waals surface area contributed by atoms with Gasteiger partial charge in [0.25, 0.3) is 5.91 Å². The van der Waals surface area contributed by atoms with E-state index in [1.165, 1.54) is 0 Å². The minimum Gasteiger partial charge on any atom is -0.484 e. The predicted octanol–water partition coefficient (Wildman–Crippen LogP) is 3.73. The molecule has 2 atom stereocenters. The molecule has 2 aliphatic heterocycles. The summed E-state index contributed by atoms with van der Waals surface area (Å²) in [6.45, 7) is 2.12. The van der Waals surface area contributed by atoms with E-state index in [2.05, 4.69) is 25.9 Å². The molecular formula is C19H22BrN3O2. The number of hydrogen-bond acceptors (Lipinski definition) is 3. The molecule has 1 aromatic heterocycles. The lowest BCUT2D eigenvalue weighted by molar-refractivity contribution is -0.138. The molecule has 0 aliphatic carbocycles. The average molecular weight is 404 g/mol. The molecule has 0 N–H and O–H groups in total. The van der Waals surface area contributed by atoms with Gasteiger partial charge in [0.05, 0.1) is 16.7 Å². The number of fused-ring (bicyclic) bond motifs is 2. The average Bonchev–Trinajstić information content (AvgIpc) is 3.15. The summed E-state index contributed by atoms with van der Waals surface area (Å²) in [4.78, 5) is 14.8. The first-order chi connectivity index (χ1) is 12.1. The molecule has 0 radical (unpaired) electrons. The van der Waals surface area contributed by atoms with Gasteiger partial charge in [0.1, 0.15) is 5.75 Å². The van der Waals surface area contributed by atoms with Crippen LogP contribution in [-0.4, -0.2) is 39.3 Å². The number of aromatic nitrogens is 2. The maximum absolute atomic E-state index is 12.8. The summed E-state index contributed by atoms with van der Waals surface area (Å²) in [5.74, 6) is 0.898. The first-order valence-corrected chi connectivity index (χ1v) is 9.60. The molecule has 132 valence electrons. The van der Waals surface area contributed by atoms with Crippen LogP contribution in [0.2, 0.25) is 0 Å². The number of carbonyl (C=O) groups excluding carboxylic acids is 1. The van der Waals surface area contributed by atoms with Crippen molar-refractivity contribution >= 4 is 21.8 Å². The number of hydrogen-bond donors (Lipinski definition) is 0. The van der Waals surface area contributed by atoms with Crippen molar-refractivity contribution in [1.82, 2.24) is 14.7 Å². The number of piperidine rings is 1. The van der Waals surface area contributed by atoms with Gasteiger partial charge in [0.15, 0.2) is 6.61 Å². The first kappa shape index (κ1) is 16.6. The van der Waals surface area contributed by atoms with Crippen LogP contribution in [0.15, 0.2) is 41.1 Å². The van der Waals surface area contributed by atoms with E-state index in [0.717, 1.165) is 41.5 Å². The third-order valence-corrected chi connectivity index (χ3v) is 5.79. The Labute approximate surface area is 156 Å². The zero-order chi connectivity index (χ0) is 17.4. The molecule has 6 heteroatoms. The first-order valence-electron chi connectivity index (χ1n) is 8.81. The minimum atomic E-state index is 0.107. The molecule has 0 spiro atoms. The molecular weight excluding hydrogens is 382 g/mol. The SMILES string of the molecule is Cc1ccccc1OCC(=O)N1C2CCC1CC(n1cc(Br)cn1)C2. The number of halogens is 1. The molecule has 2 saturated heterocycles. The predicted molar refractivity (Wildman–Crippen MR) is 98.5 cm³/mol. The molecule has 2 bridgehead atoms. The molecule has 2 aliphatic rings. The number of benzene rings is 1. The lowest BCUT2D eigenvalue weighted by atomic mass is 9.97. The van der Waals surface area contributed by atoms with Gasteiger partial charge in [-0.05, 0) is 60.2 Å². The van der Waals surface area contributed by atoms with E-state index < -0.39 is 0 Å². The van der Waals surface area contributed by atoms with Crippen LogP contribution in [0.3, 0.4) is 0 Å². The fourth-order valence-corrected chi connectivity index (χ4v) is 4.52. The second-order valence-corrected chi connectivity index (χ2v) is 7.92. The third-order valence-electron chi connectivity index (χ3n) is 5.39. The molecule has 1 aromatic carbocycles. The van der Waals surface area contributed by atoms with E-state index in [0.29, 0.717) is 18.1 Å². The maximum atomic E-state index is 12.8. The largest absolute Gasteiger partial charge is 0.484 e. The van der Waals surface area contributed by atoms with Crippen molar-refractivity contribution in [3.05, 3.63) is 46.7 Å². The fraction of sp³-hybridized carbons (Fsp3) is 0.474. The molecule has 5 nitrogen and oxygen atoms in total. The van der Waals surface area contributed by atoms with Crippen molar-refractivity contribution in [2.45, 2.75) is 50.7 Å². The van der Waals surface area contributed by atoms with Crippen LogP contribution >= 0.6 is 15.9 Å². The van der Waals surface area contributed by atoms with Gasteiger partial charge in [-0.25, -0.2) is 0 Å². The molecule has 25 heavy (non-hydrogen) atoms. The number of para-hydroxylation sites is 1. The lowest BCUT2D eigenvalue weighted by Crippen LogP contribution is -2.48. The van der Waals surface area contributed by atoms with Crippen molar-refractivity contribution in [1.29, 1.82) is 0 Å². The third kappa shape index (κ3) is 3.32. The van der Waals surface area contributed by atoms with Crippen molar-refractivity contribution in [3.63, 3.8) is 0 Å². The van der Waals surface area contributed by atoms with E-state index in [1.54, 1.807) is 0 Å². The Balaban J connectivity index is 1.40. The van der Waals surface area contributed by atoms with Crippen molar-refractivity contribution in [2.75, 3.05) is 6.61 Å². The Morgan fingerprint density at radius 2 is 1.96 bits per heavy atom. The molecule has 2 aromatic rings. The van der Waals surface area contributed by atoms with Gasteiger partial charge in [-0.1, -0.05) is 18.2 Å². The molecule has 0 saturated carbocycles. The topological polar surface area (TPSA) is 47.4 Å². The highest BCUT2D eigenvalue weighted by molar-refractivity contribution is 9.10. The number of rotatable bonds is 4. The Morgan fingerprint density at radius 1 is 1.24 bits per heavy atom. The summed E-state index contributed by atoms with van der Waals surface area (Å²) in [6.07, 6.45) is 7.97. The van der Waals surface area contributed by atoms with Gasteiger partial charge >= 0.3 is 0 Å². The van der Waals surface area contributed by atoms with Crippen LogP contribution < -0.4 is 4.74 Å². The minimum absolute atomic E-state index is 0.107. The summed E-state index contributed by atoms with van der Waals surface area (Å²) in [7, 11) is 0. The fourth-order valence-electron chi connectivity index (χ4n) is 4.22. The monoisotopic (exact) mass is 403 g/mol. The highest BCUT2D eigenvalue weighted by atomic mass is 79.9. The van der Waals surface area contributed by atoms with Crippen LogP contribution in [0.4, 0.5) is 0 Å². The van der Waals surface area contributed by atoms with Gasteiger partial charge in [-0.15, -0.1) is 0 Å². The summed E-state index contributed by atoms with van der Waals surface area (Å²) in [5.41, 5.74) is 1.06. The van der Waals surface area contributed by atoms with Gasteiger partial charge in [0, 0.05) is 18.3 Å². The van der Waals surface area contributed by atoms with Crippen molar-refractivity contribution in [2.24, 2.45) is 0 Å². The Hall–Kier alpha value is -1.82. The quantitative estimate of drug-likeness (QED) is 0.781. The van der Waals surface area contributed by atoms with Gasteiger partial charge in [-0.3, -0.25) is 9.48 Å². The number of nitrogens with zero attached hydrogens (tertiary/aromatic N) is 3. The summed E-state index contributed by atoms with van der Waals surface area (Å²) < 4.78 is 8.82. The van der Waals surface area contributed by atoms with Gasteiger partial charge in [0.2, 0.25) is 0 Å². The highest BCUT2D eigenvalue weighted by Gasteiger charge is 2.43. The zero-order valence-corrected chi connectivity index (χ0v) is 15.9.